The second-order valence-corrected chi connectivity index (χ2v) is 4.23. The van der Waals surface area contributed by atoms with Gasteiger partial charge in [0.1, 0.15) is 17.3 Å². The van der Waals surface area contributed by atoms with Crippen LogP contribution in [0.25, 0.3) is 11.3 Å². The van der Waals surface area contributed by atoms with Gasteiger partial charge in [0.15, 0.2) is 0 Å². The van der Waals surface area contributed by atoms with Crippen molar-refractivity contribution in [3.8, 4) is 11.3 Å². The lowest BCUT2D eigenvalue weighted by Crippen LogP contribution is -2.06. The highest BCUT2D eigenvalue weighted by molar-refractivity contribution is 5.58. The molecule has 0 saturated carbocycles. The number of hydrogen-bond donors (Lipinski definition) is 1. The Balaban J connectivity index is 2.36. The highest BCUT2D eigenvalue weighted by atomic mass is 19.1. The molecule has 0 fully saturated rings. The Labute approximate surface area is 100 Å². The molecule has 0 amide bonds. The summed E-state index contributed by atoms with van der Waals surface area (Å²) in [4.78, 5) is 0. The van der Waals surface area contributed by atoms with E-state index in [1.54, 1.807) is 0 Å². The molecule has 0 saturated heterocycles. The summed E-state index contributed by atoms with van der Waals surface area (Å²) in [6.07, 6.45) is 0.815. The molecule has 1 aromatic heterocycles. The molecule has 1 atom stereocenters. The summed E-state index contributed by atoms with van der Waals surface area (Å²) in [5.74, 6) is 1.15. The fourth-order valence-corrected chi connectivity index (χ4v) is 1.79. The van der Waals surface area contributed by atoms with Gasteiger partial charge in [-0.1, -0.05) is 6.92 Å². The first kappa shape index (κ1) is 11.9. The molecule has 1 aromatic carbocycles. The van der Waals surface area contributed by atoms with Gasteiger partial charge in [0.25, 0.3) is 0 Å². The van der Waals surface area contributed by atoms with Crippen LogP contribution in [0, 0.1) is 12.7 Å². The van der Waals surface area contributed by atoms with Crippen LogP contribution in [0.15, 0.2) is 34.7 Å². The topological polar surface area (TPSA) is 39.2 Å². The van der Waals surface area contributed by atoms with Crippen molar-refractivity contribution in [1.82, 2.24) is 0 Å². The second kappa shape index (κ2) is 4.72. The Kier molecular flexibility index (Phi) is 3.29. The second-order valence-electron chi connectivity index (χ2n) is 4.23. The number of hydrogen-bond acceptors (Lipinski definition) is 2. The first-order valence-electron chi connectivity index (χ1n) is 5.73. The molecule has 2 rings (SSSR count). The van der Waals surface area contributed by atoms with E-state index < -0.39 is 0 Å². The number of furan rings is 1. The third-order valence-corrected chi connectivity index (χ3v) is 2.76. The Hall–Kier alpha value is -1.61. The fourth-order valence-electron chi connectivity index (χ4n) is 1.79. The average Bonchev–Trinajstić information content (AvgIpc) is 2.76. The van der Waals surface area contributed by atoms with Crippen molar-refractivity contribution in [2.75, 3.05) is 0 Å². The Bertz CT molecular complexity index is 498. The van der Waals surface area contributed by atoms with Gasteiger partial charge in [-0.05, 0) is 49.2 Å². The molecule has 2 N–H and O–H groups in total. The molecule has 0 aliphatic heterocycles. The standard InChI is InChI=1S/C14H16FNO/c1-3-12(16)14-5-4-13(17-14)10-6-9(2)7-11(15)8-10/h4-8,12H,3,16H2,1-2H3. The van der Waals surface area contributed by atoms with E-state index in [0.29, 0.717) is 5.76 Å². The highest BCUT2D eigenvalue weighted by Gasteiger charge is 2.11. The van der Waals surface area contributed by atoms with E-state index in [0.717, 1.165) is 23.3 Å². The van der Waals surface area contributed by atoms with Crippen LogP contribution >= 0.6 is 0 Å². The average molecular weight is 233 g/mol. The van der Waals surface area contributed by atoms with Crippen molar-refractivity contribution in [3.63, 3.8) is 0 Å². The van der Waals surface area contributed by atoms with E-state index >= 15 is 0 Å². The summed E-state index contributed by atoms with van der Waals surface area (Å²) in [6, 6.07) is 8.43. The molecule has 2 aromatic rings. The molecule has 3 heteroatoms. The summed E-state index contributed by atoms with van der Waals surface area (Å²) in [6.45, 7) is 3.85. The van der Waals surface area contributed by atoms with Crippen molar-refractivity contribution < 1.29 is 8.81 Å². The summed E-state index contributed by atoms with van der Waals surface area (Å²) < 4.78 is 18.9. The van der Waals surface area contributed by atoms with Crippen molar-refractivity contribution in [2.24, 2.45) is 5.73 Å². The third kappa shape index (κ3) is 2.56. The van der Waals surface area contributed by atoms with Crippen LogP contribution in [0.2, 0.25) is 0 Å². The molecule has 0 bridgehead atoms. The van der Waals surface area contributed by atoms with Gasteiger partial charge in [-0.15, -0.1) is 0 Å². The molecule has 0 spiro atoms. The largest absolute Gasteiger partial charge is 0.459 e. The van der Waals surface area contributed by atoms with E-state index in [-0.39, 0.29) is 11.9 Å². The van der Waals surface area contributed by atoms with E-state index in [4.69, 9.17) is 10.2 Å². The van der Waals surface area contributed by atoms with Gasteiger partial charge in [0.2, 0.25) is 0 Å². The minimum atomic E-state index is -0.252. The van der Waals surface area contributed by atoms with Crippen molar-refractivity contribution in [2.45, 2.75) is 26.3 Å². The maximum atomic E-state index is 13.3. The predicted octanol–water partition coefficient (Wildman–Crippen LogP) is 3.80. The van der Waals surface area contributed by atoms with Crippen LogP contribution in [-0.2, 0) is 0 Å². The summed E-state index contributed by atoms with van der Waals surface area (Å²) in [5.41, 5.74) is 7.50. The molecular weight excluding hydrogens is 217 g/mol. The van der Waals surface area contributed by atoms with Crippen LogP contribution in [0.3, 0.4) is 0 Å². The molecular formula is C14H16FNO. The third-order valence-electron chi connectivity index (χ3n) is 2.76. The highest BCUT2D eigenvalue weighted by Crippen LogP contribution is 2.26. The maximum Gasteiger partial charge on any atom is 0.134 e. The number of rotatable bonds is 3. The molecule has 2 nitrogen and oxygen atoms in total. The zero-order valence-corrected chi connectivity index (χ0v) is 10.0. The van der Waals surface area contributed by atoms with Gasteiger partial charge in [0.05, 0.1) is 6.04 Å². The zero-order valence-electron chi connectivity index (χ0n) is 10.0. The SMILES string of the molecule is CCC(N)c1ccc(-c2cc(C)cc(F)c2)o1. The van der Waals surface area contributed by atoms with E-state index in [2.05, 4.69) is 0 Å². The van der Waals surface area contributed by atoms with Crippen molar-refractivity contribution in [3.05, 3.63) is 47.5 Å². The van der Waals surface area contributed by atoms with Crippen LogP contribution in [-0.4, -0.2) is 0 Å². The van der Waals surface area contributed by atoms with Gasteiger partial charge < -0.3 is 10.2 Å². The Morgan fingerprint density at radius 2 is 2.06 bits per heavy atom. The van der Waals surface area contributed by atoms with Crippen LogP contribution < -0.4 is 5.73 Å². The van der Waals surface area contributed by atoms with Gasteiger partial charge in [-0.2, -0.15) is 0 Å². The summed E-state index contributed by atoms with van der Waals surface area (Å²) in [5, 5.41) is 0. The minimum absolute atomic E-state index is 0.0987. The van der Waals surface area contributed by atoms with Gasteiger partial charge in [-0.3, -0.25) is 0 Å². The van der Waals surface area contributed by atoms with Crippen LogP contribution in [0.5, 0.6) is 0 Å². The Morgan fingerprint density at radius 3 is 2.71 bits per heavy atom. The zero-order chi connectivity index (χ0) is 12.4. The minimum Gasteiger partial charge on any atom is -0.459 e. The molecule has 0 aliphatic carbocycles. The van der Waals surface area contributed by atoms with Crippen LogP contribution in [0.4, 0.5) is 4.39 Å². The monoisotopic (exact) mass is 233 g/mol. The Morgan fingerprint density at radius 1 is 1.29 bits per heavy atom. The van der Waals surface area contributed by atoms with Gasteiger partial charge in [0, 0.05) is 5.56 Å². The van der Waals surface area contributed by atoms with Gasteiger partial charge in [-0.25, -0.2) is 4.39 Å². The molecule has 0 radical (unpaired) electrons. The summed E-state index contributed by atoms with van der Waals surface area (Å²) >= 11 is 0. The number of benzene rings is 1. The first-order chi connectivity index (χ1) is 8.10. The number of nitrogens with two attached hydrogens (primary N) is 1. The molecule has 90 valence electrons. The quantitative estimate of drug-likeness (QED) is 0.875. The smallest absolute Gasteiger partial charge is 0.134 e. The number of halogens is 1. The summed E-state index contributed by atoms with van der Waals surface area (Å²) in [7, 11) is 0. The van der Waals surface area contributed by atoms with E-state index in [9.17, 15) is 4.39 Å². The fraction of sp³-hybridized carbons (Fsp3) is 0.286. The lowest BCUT2D eigenvalue weighted by Gasteiger charge is -2.04. The molecule has 17 heavy (non-hydrogen) atoms. The molecule has 1 unspecified atom stereocenters. The lowest BCUT2D eigenvalue weighted by molar-refractivity contribution is 0.469. The molecule has 1 heterocycles. The van der Waals surface area contributed by atoms with Crippen molar-refractivity contribution in [1.29, 1.82) is 0 Å². The van der Waals surface area contributed by atoms with Gasteiger partial charge >= 0.3 is 0 Å². The predicted molar refractivity (Wildman–Crippen MR) is 66.1 cm³/mol. The van der Waals surface area contributed by atoms with Crippen molar-refractivity contribution >= 4 is 0 Å². The number of aryl methyl sites for hydroxylation is 1. The maximum absolute atomic E-state index is 13.3. The van der Waals surface area contributed by atoms with E-state index in [1.165, 1.54) is 12.1 Å². The first-order valence-corrected chi connectivity index (χ1v) is 5.73. The lowest BCUT2D eigenvalue weighted by atomic mass is 10.1. The molecule has 0 aliphatic rings. The van der Waals surface area contributed by atoms with Crippen LogP contribution in [0.1, 0.15) is 30.7 Å². The normalized spacial score (nSPS) is 12.7. The van der Waals surface area contributed by atoms with E-state index in [1.807, 2.05) is 32.0 Å².